The number of amides is 1. The van der Waals surface area contributed by atoms with Crippen LogP contribution in [0.3, 0.4) is 0 Å². The lowest BCUT2D eigenvalue weighted by Crippen LogP contribution is -2.29. The molecule has 2 aromatic carbocycles. The summed E-state index contributed by atoms with van der Waals surface area (Å²) in [6.07, 6.45) is 0.759. The fraction of sp³-hybridized carbons (Fsp3) is 0.278. The van der Waals surface area contributed by atoms with Gasteiger partial charge in [0.05, 0.1) is 0 Å². The number of carbonyl (C=O) groups is 1. The third-order valence-corrected chi connectivity index (χ3v) is 4.35. The van der Waals surface area contributed by atoms with Crippen molar-refractivity contribution in [2.45, 2.75) is 12.5 Å². The summed E-state index contributed by atoms with van der Waals surface area (Å²) >= 11 is 3.35. The summed E-state index contributed by atoms with van der Waals surface area (Å²) in [5, 5.41) is 3.75. The molecular weight excluding hydrogens is 342 g/mol. The lowest BCUT2D eigenvalue weighted by molar-refractivity contribution is -0.126. The Kier molecular flexibility index (Phi) is 4.90. The predicted molar refractivity (Wildman–Crippen MR) is 91.1 cm³/mol. The van der Waals surface area contributed by atoms with Gasteiger partial charge in [-0.15, -0.1) is 0 Å². The van der Waals surface area contributed by atoms with Crippen molar-refractivity contribution < 1.29 is 9.53 Å². The molecule has 0 bridgehead atoms. The van der Waals surface area contributed by atoms with Gasteiger partial charge in [-0.3, -0.25) is 4.79 Å². The number of hydrogen-bond acceptors (Lipinski definition) is 2. The van der Waals surface area contributed by atoms with Crippen LogP contribution in [0.4, 0.5) is 0 Å². The van der Waals surface area contributed by atoms with Crippen LogP contribution in [0.5, 0.6) is 0 Å². The monoisotopic (exact) mass is 359 g/mol. The number of rotatable bonds is 6. The molecule has 0 fully saturated rings. The number of carbonyl (C=O) groups excluding carboxylic acids is 1. The molecule has 0 saturated heterocycles. The maximum absolute atomic E-state index is 11.8. The Morgan fingerprint density at radius 2 is 1.64 bits per heavy atom. The molecule has 4 heteroatoms. The van der Waals surface area contributed by atoms with E-state index >= 15 is 0 Å². The first-order valence-corrected chi connectivity index (χ1v) is 8.56. The van der Waals surface area contributed by atoms with Crippen LogP contribution in [-0.4, -0.2) is 24.4 Å². The molecule has 0 aliphatic heterocycles. The van der Waals surface area contributed by atoms with Crippen molar-refractivity contribution >= 4 is 21.8 Å². The normalized spacial score (nSPS) is 12.8. The topological polar surface area (TPSA) is 38.3 Å². The fourth-order valence-corrected chi connectivity index (χ4v) is 3.07. The van der Waals surface area contributed by atoms with Gasteiger partial charge in [0.15, 0.2) is 0 Å². The van der Waals surface area contributed by atoms with Gasteiger partial charge in [0.2, 0.25) is 5.91 Å². The zero-order valence-corrected chi connectivity index (χ0v) is 13.8. The van der Waals surface area contributed by atoms with Crippen molar-refractivity contribution in [1.29, 1.82) is 0 Å². The summed E-state index contributed by atoms with van der Waals surface area (Å²) in [5.74, 6) is -0.0668. The minimum atomic E-state index is -0.158. The van der Waals surface area contributed by atoms with Gasteiger partial charge in [0, 0.05) is 11.9 Å². The average molecular weight is 360 g/mol. The molecule has 0 unspecified atom stereocenters. The molecule has 114 valence electrons. The lowest BCUT2D eigenvalue weighted by Gasteiger charge is -2.14. The number of nitrogens with one attached hydrogen (secondary N) is 1. The standard InChI is InChI=1S/C18H18BrNO2/c19-10-5-11-20-17(21)12-22-18-15-8-3-1-6-13(15)14-7-2-4-9-16(14)18/h1-4,6-9,18H,5,10-12H2,(H,20,21). The van der Waals surface area contributed by atoms with E-state index < -0.39 is 0 Å². The number of ether oxygens (including phenoxy) is 1. The molecule has 1 amide bonds. The molecule has 1 aliphatic rings. The van der Waals surface area contributed by atoms with Crippen molar-refractivity contribution in [3.63, 3.8) is 0 Å². The molecule has 1 N–H and O–H groups in total. The van der Waals surface area contributed by atoms with E-state index in [1.54, 1.807) is 0 Å². The van der Waals surface area contributed by atoms with E-state index in [2.05, 4.69) is 45.5 Å². The Hall–Kier alpha value is -1.65. The lowest BCUT2D eigenvalue weighted by atomic mass is 10.1. The van der Waals surface area contributed by atoms with Crippen molar-refractivity contribution in [3.8, 4) is 11.1 Å². The van der Waals surface area contributed by atoms with Crippen LogP contribution in [0.15, 0.2) is 48.5 Å². The zero-order chi connectivity index (χ0) is 15.4. The van der Waals surface area contributed by atoms with Crippen LogP contribution in [0.25, 0.3) is 11.1 Å². The SMILES string of the molecule is O=C(COC1c2ccccc2-c2ccccc21)NCCCBr. The van der Waals surface area contributed by atoms with Crippen molar-refractivity contribution in [3.05, 3.63) is 59.7 Å². The molecule has 0 aromatic heterocycles. The average Bonchev–Trinajstić information content (AvgIpc) is 2.87. The maximum Gasteiger partial charge on any atom is 0.246 e. The van der Waals surface area contributed by atoms with Gasteiger partial charge in [-0.05, 0) is 28.7 Å². The number of fused-ring (bicyclic) bond motifs is 3. The molecule has 0 spiro atoms. The van der Waals surface area contributed by atoms with Crippen LogP contribution in [0.1, 0.15) is 23.7 Å². The van der Waals surface area contributed by atoms with Crippen LogP contribution in [0, 0.1) is 0 Å². The molecular formula is C18H18BrNO2. The number of alkyl halides is 1. The predicted octanol–water partition coefficient (Wildman–Crippen LogP) is 3.67. The molecule has 3 nitrogen and oxygen atoms in total. The third-order valence-electron chi connectivity index (χ3n) is 3.79. The maximum atomic E-state index is 11.8. The number of hydrogen-bond donors (Lipinski definition) is 1. The highest BCUT2D eigenvalue weighted by atomic mass is 79.9. The van der Waals surface area contributed by atoms with Gasteiger partial charge in [-0.1, -0.05) is 64.5 Å². The summed E-state index contributed by atoms with van der Waals surface area (Å²) < 4.78 is 5.92. The van der Waals surface area contributed by atoms with Crippen LogP contribution in [-0.2, 0) is 9.53 Å². The highest BCUT2D eigenvalue weighted by molar-refractivity contribution is 9.09. The second-order valence-electron chi connectivity index (χ2n) is 5.26. The Labute approximate surface area is 138 Å². The van der Waals surface area contributed by atoms with Gasteiger partial charge < -0.3 is 10.1 Å². The van der Waals surface area contributed by atoms with Crippen molar-refractivity contribution in [1.82, 2.24) is 5.32 Å². The quantitative estimate of drug-likeness (QED) is 0.631. The zero-order valence-electron chi connectivity index (χ0n) is 12.2. The van der Waals surface area contributed by atoms with E-state index in [-0.39, 0.29) is 18.6 Å². The first-order chi connectivity index (χ1) is 10.8. The fourth-order valence-electron chi connectivity index (χ4n) is 2.79. The van der Waals surface area contributed by atoms with E-state index in [0.29, 0.717) is 6.54 Å². The van der Waals surface area contributed by atoms with Gasteiger partial charge in [-0.25, -0.2) is 0 Å². The first kappa shape index (κ1) is 15.3. The minimum absolute atomic E-state index is 0.0668. The van der Waals surface area contributed by atoms with E-state index in [0.717, 1.165) is 22.9 Å². The Morgan fingerprint density at radius 1 is 1.05 bits per heavy atom. The molecule has 0 radical (unpaired) electrons. The van der Waals surface area contributed by atoms with Crippen LogP contribution in [0.2, 0.25) is 0 Å². The largest absolute Gasteiger partial charge is 0.359 e. The summed E-state index contributed by atoms with van der Waals surface area (Å²) in [4.78, 5) is 11.8. The summed E-state index contributed by atoms with van der Waals surface area (Å²) in [5.41, 5.74) is 4.67. The van der Waals surface area contributed by atoms with E-state index in [9.17, 15) is 4.79 Å². The second kappa shape index (κ2) is 7.07. The summed E-state index contributed by atoms with van der Waals surface area (Å²) in [6, 6.07) is 16.4. The van der Waals surface area contributed by atoms with E-state index in [4.69, 9.17) is 4.74 Å². The van der Waals surface area contributed by atoms with Crippen molar-refractivity contribution in [2.75, 3.05) is 18.5 Å². The highest BCUT2D eigenvalue weighted by Crippen LogP contribution is 2.44. The summed E-state index contributed by atoms with van der Waals surface area (Å²) in [6.45, 7) is 0.751. The summed E-state index contributed by atoms with van der Waals surface area (Å²) in [7, 11) is 0. The molecule has 3 rings (SSSR count). The van der Waals surface area contributed by atoms with Crippen LogP contribution >= 0.6 is 15.9 Å². The van der Waals surface area contributed by atoms with Gasteiger partial charge in [-0.2, -0.15) is 0 Å². The van der Waals surface area contributed by atoms with Crippen molar-refractivity contribution in [2.24, 2.45) is 0 Å². The number of benzene rings is 2. The third kappa shape index (κ3) is 3.08. The Bertz CT molecular complexity index is 626. The highest BCUT2D eigenvalue weighted by Gasteiger charge is 2.28. The molecule has 0 heterocycles. The molecule has 0 atom stereocenters. The van der Waals surface area contributed by atoms with Gasteiger partial charge in [0.1, 0.15) is 12.7 Å². The smallest absolute Gasteiger partial charge is 0.246 e. The first-order valence-electron chi connectivity index (χ1n) is 7.43. The second-order valence-corrected chi connectivity index (χ2v) is 6.05. The Morgan fingerprint density at radius 3 is 2.23 bits per heavy atom. The molecule has 22 heavy (non-hydrogen) atoms. The molecule has 0 saturated carbocycles. The number of halogens is 1. The van der Waals surface area contributed by atoms with E-state index in [1.807, 2.05) is 24.3 Å². The van der Waals surface area contributed by atoms with E-state index in [1.165, 1.54) is 11.1 Å². The van der Waals surface area contributed by atoms with Gasteiger partial charge >= 0.3 is 0 Å². The Balaban J connectivity index is 1.73. The van der Waals surface area contributed by atoms with Gasteiger partial charge in [0.25, 0.3) is 0 Å². The molecule has 1 aliphatic carbocycles. The van der Waals surface area contributed by atoms with Crippen LogP contribution < -0.4 is 5.32 Å². The minimum Gasteiger partial charge on any atom is -0.359 e. The molecule has 2 aromatic rings.